The highest BCUT2D eigenvalue weighted by Gasteiger charge is 2.08. The summed E-state index contributed by atoms with van der Waals surface area (Å²) in [6.07, 6.45) is 19.1. The Bertz CT molecular complexity index is 334. The Morgan fingerprint density at radius 1 is 1.05 bits per heavy atom. The fraction of sp³-hybridized carbons (Fsp3) is 0.684. The third-order valence-electron chi connectivity index (χ3n) is 3.64. The molecule has 3 nitrogen and oxygen atoms in total. The molecule has 22 heavy (non-hydrogen) atoms. The molecule has 0 radical (unpaired) electrons. The molecule has 0 aromatic heterocycles. The third kappa shape index (κ3) is 12.8. The minimum absolute atomic E-state index is 0.201. The first-order valence-corrected chi connectivity index (χ1v) is 8.66. The van der Waals surface area contributed by atoms with Gasteiger partial charge in [0.25, 0.3) is 0 Å². The van der Waals surface area contributed by atoms with E-state index in [0.717, 1.165) is 12.8 Å². The van der Waals surface area contributed by atoms with Crippen LogP contribution in [0.25, 0.3) is 0 Å². The minimum atomic E-state index is -0.761. The van der Waals surface area contributed by atoms with Crippen LogP contribution >= 0.6 is 0 Å². The van der Waals surface area contributed by atoms with Crippen LogP contribution in [-0.2, 0) is 0 Å². The van der Waals surface area contributed by atoms with Crippen LogP contribution in [0, 0.1) is 0 Å². The van der Waals surface area contributed by atoms with E-state index in [9.17, 15) is 5.11 Å². The molecule has 0 aliphatic carbocycles. The number of aliphatic hydroxyl groups excluding tert-OH is 2. The lowest BCUT2D eigenvalue weighted by Gasteiger charge is -2.11. The van der Waals surface area contributed by atoms with Crippen molar-refractivity contribution in [2.45, 2.75) is 77.4 Å². The molecule has 0 heterocycles. The number of unbranched alkanes of at least 4 members (excludes halogenated alkanes) is 6. The van der Waals surface area contributed by atoms with E-state index in [0.29, 0.717) is 0 Å². The van der Waals surface area contributed by atoms with Crippen LogP contribution < -0.4 is 5.73 Å². The predicted octanol–water partition coefficient (Wildman–Crippen LogP) is 3.87. The molecule has 0 saturated carbocycles. The fourth-order valence-electron chi connectivity index (χ4n) is 2.10. The summed E-state index contributed by atoms with van der Waals surface area (Å²) < 4.78 is 0. The third-order valence-corrected chi connectivity index (χ3v) is 3.64. The van der Waals surface area contributed by atoms with Gasteiger partial charge in [-0.15, -0.1) is 0 Å². The fourth-order valence-corrected chi connectivity index (χ4v) is 2.10. The van der Waals surface area contributed by atoms with Crippen molar-refractivity contribution in [3.63, 3.8) is 0 Å². The first-order chi connectivity index (χ1) is 10.6. The molecule has 128 valence electrons. The van der Waals surface area contributed by atoms with Crippen molar-refractivity contribution in [1.82, 2.24) is 0 Å². The van der Waals surface area contributed by atoms with Gasteiger partial charge in [-0.2, -0.15) is 0 Å². The molecule has 0 aliphatic rings. The highest BCUT2D eigenvalue weighted by atomic mass is 16.3. The molecule has 2 atom stereocenters. The summed E-state index contributed by atoms with van der Waals surface area (Å²) in [5, 5.41) is 18.4. The normalized spacial score (nSPS) is 15.8. The minimum Gasteiger partial charge on any atom is -0.395 e. The number of aliphatic hydroxyl groups is 2. The monoisotopic (exact) mass is 309 g/mol. The maximum atomic E-state index is 9.55. The lowest BCUT2D eigenvalue weighted by atomic mass is 10.1. The quantitative estimate of drug-likeness (QED) is 0.275. The predicted molar refractivity (Wildman–Crippen MR) is 95.7 cm³/mol. The van der Waals surface area contributed by atoms with Gasteiger partial charge in [-0.05, 0) is 32.6 Å². The van der Waals surface area contributed by atoms with E-state index in [1.165, 1.54) is 44.1 Å². The summed E-state index contributed by atoms with van der Waals surface area (Å²) in [5.74, 6) is 0. The first kappa shape index (κ1) is 21.1. The van der Waals surface area contributed by atoms with Crippen LogP contribution in [0.5, 0.6) is 0 Å². The highest BCUT2D eigenvalue weighted by Crippen LogP contribution is 2.07. The first-order valence-electron chi connectivity index (χ1n) is 8.66. The topological polar surface area (TPSA) is 66.5 Å². The van der Waals surface area contributed by atoms with Crippen LogP contribution in [0.2, 0.25) is 0 Å². The van der Waals surface area contributed by atoms with Gasteiger partial charge in [0.2, 0.25) is 0 Å². The van der Waals surface area contributed by atoms with Crippen LogP contribution in [0.1, 0.15) is 65.2 Å². The van der Waals surface area contributed by atoms with Gasteiger partial charge in [0.05, 0.1) is 18.8 Å². The van der Waals surface area contributed by atoms with Gasteiger partial charge in [-0.3, -0.25) is 0 Å². The van der Waals surface area contributed by atoms with Crippen molar-refractivity contribution in [3.05, 3.63) is 36.0 Å². The summed E-state index contributed by atoms with van der Waals surface area (Å²) in [5.41, 5.74) is 6.80. The average Bonchev–Trinajstić information content (AvgIpc) is 2.52. The van der Waals surface area contributed by atoms with Gasteiger partial charge >= 0.3 is 0 Å². The summed E-state index contributed by atoms with van der Waals surface area (Å²) in [6, 6.07) is -0.589. The van der Waals surface area contributed by atoms with E-state index in [2.05, 4.69) is 32.1 Å². The Morgan fingerprint density at radius 3 is 2.45 bits per heavy atom. The van der Waals surface area contributed by atoms with Crippen molar-refractivity contribution in [2.75, 3.05) is 6.61 Å². The van der Waals surface area contributed by atoms with E-state index < -0.39 is 12.1 Å². The Morgan fingerprint density at radius 2 is 1.77 bits per heavy atom. The number of hydrogen-bond donors (Lipinski definition) is 3. The molecule has 4 N–H and O–H groups in total. The van der Waals surface area contributed by atoms with Crippen molar-refractivity contribution in [1.29, 1.82) is 0 Å². The molecule has 2 unspecified atom stereocenters. The lowest BCUT2D eigenvalue weighted by Crippen LogP contribution is -2.36. The summed E-state index contributed by atoms with van der Waals surface area (Å²) in [7, 11) is 0. The van der Waals surface area contributed by atoms with Gasteiger partial charge in [0.1, 0.15) is 0 Å². The zero-order valence-electron chi connectivity index (χ0n) is 14.4. The molecule has 0 amide bonds. The van der Waals surface area contributed by atoms with E-state index in [-0.39, 0.29) is 6.61 Å². The number of rotatable bonds is 13. The van der Waals surface area contributed by atoms with Crippen LogP contribution in [0.4, 0.5) is 0 Å². The Balaban J connectivity index is 3.73. The van der Waals surface area contributed by atoms with Crippen LogP contribution in [-0.4, -0.2) is 29.0 Å². The number of allylic oxidation sites excluding steroid dienone is 5. The second-order valence-electron chi connectivity index (χ2n) is 5.90. The molecule has 0 aromatic carbocycles. The zero-order chi connectivity index (χ0) is 16.6. The number of nitrogens with two attached hydrogens (primary N) is 1. The Labute approximate surface area is 136 Å². The SMILES string of the molecule is CCCCCCC/C=C/C(C)=C/CC/C=C/C(O)C(N)CO. The molecular weight excluding hydrogens is 274 g/mol. The molecule has 0 aliphatic heterocycles. The van der Waals surface area contributed by atoms with E-state index in [1.807, 2.05) is 6.08 Å². The second kappa shape index (κ2) is 15.0. The standard InChI is InChI=1S/C19H35NO2/c1-3-4-5-6-7-8-10-13-17(2)14-11-9-12-15-19(22)18(20)16-21/h10,12-15,18-19,21-22H,3-9,11,16,20H2,1-2H3/b13-10+,15-12+,17-14+. The Kier molecular flexibility index (Phi) is 14.4. The van der Waals surface area contributed by atoms with E-state index >= 15 is 0 Å². The molecule has 0 saturated heterocycles. The second-order valence-corrected chi connectivity index (χ2v) is 5.90. The molecule has 0 fully saturated rings. The highest BCUT2D eigenvalue weighted by molar-refractivity contribution is 5.15. The summed E-state index contributed by atoms with van der Waals surface area (Å²) >= 11 is 0. The van der Waals surface area contributed by atoms with Crippen LogP contribution in [0.15, 0.2) is 36.0 Å². The molecular formula is C19H35NO2. The van der Waals surface area contributed by atoms with Crippen LogP contribution in [0.3, 0.4) is 0 Å². The molecule has 0 bridgehead atoms. The van der Waals surface area contributed by atoms with Crippen molar-refractivity contribution in [2.24, 2.45) is 5.73 Å². The molecule has 0 spiro atoms. The maximum Gasteiger partial charge on any atom is 0.0894 e. The van der Waals surface area contributed by atoms with E-state index in [4.69, 9.17) is 10.8 Å². The lowest BCUT2D eigenvalue weighted by molar-refractivity contribution is 0.144. The van der Waals surface area contributed by atoms with E-state index in [1.54, 1.807) is 6.08 Å². The maximum absolute atomic E-state index is 9.55. The van der Waals surface area contributed by atoms with Gasteiger partial charge < -0.3 is 15.9 Å². The zero-order valence-corrected chi connectivity index (χ0v) is 14.4. The molecule has 3 heteroatoms. The van der Waals surface area contributed by atoms with Gasteiger partial charge in [-0.25, -0.2) is 0 Å². The molecule has 0 aromatic rings. The largest absolute Gasteiger partial charge is 0.395 e. The summed E-state index contributed by atoms with van der Waals surface area (Å²) in [4.78, 5) is 0. The van der Waals surface area contributed by atoms with Gasteiger partial charge in [0.15, 0.2) is 0 Å². The average molecular weight is 309 g/mol. The van der Waals surface area contributed by atoms with Gasteiger partial charge in [-0.1, -0.05) is 68.6 Å². The smallest absolute Gasteiger partial charge is 0.0894 e. The van der Waals surface area contributed by atoms with Crippen molar-refractivity contribution in [3.8, 4) is 0 Å². The van der Waals surface area contributed by atoms with Gasteiger partial charge in [0, 0.05) is 0 Å². The molecule has 0 rings (SSSR count). The van der Waals surface area contributed by atoms with Crippen molar-refractivity contribution < 1.29 is 10.2 Å². The van der Waals surface area contributed by atoms with Crippen molar-refractivity contribution >= 4 is 0 Å². The Hall–Kier alpha value is -0.900. The number of hydrogen-bond acceptors (Lipinski definition) is 3. The summed E-state index contributed by atoms with van der Waals surface area (Å²) in [6.45, 7) is 4.16.